The minimum absolute atomic E-state index is 0.000861. The van der Waals surface area contributed by atoms with Gasteiger partial charge < -0.3 is 9.47 Å². The predicted octanol–water partition coefficient (Wildman–Crippen LogP) is 3.34. The first-order valence-electron chi connectivity index (χ1n) is 5.54. The van der Waals surface area contributed by atoms with Gasteiger partial charge in [0.1, 0.15) is 5.25 Å². The maximum Gasteiger partial charge on any atom is 0.323 e. The fraction of sp³-hybridized carbons (Fsp3) is 0.385. The molecule has 1 unspecified atom stereocenters. The van der Waals surface area contributed by atoms with Crippen molar-refractivity contribution in [3.63, 3.8) is 0 Å². The number of ether oxygens (including phenoxy) is 2. The van der Waals surface area contributed by atoms with Gasteiger partial charge in [0.15, 0.2) is 0 Å². The summed E-state index contributed by atoms with van der Waals surface area (Å²) >= 11 is 6.30. The Bertz CT molecular complexity index is 404. The van der Waals surface area contributed by atoms with Gasteiger partial charge in [-0.2, -0.15) is 0 Å². The van der Waals surface area contributed by atoms with Crippen molar-refractivity contribution >= 4 is 34.3 Å². The molecule has 0 amide bonds. The number of thiocarbonyl (C=S) groups is 1. The molecular weight excluding hydrogens is 268 g/mol. The summed E-state index contributed by atoms with van der Waals surface area (Å²) in [5.74, 6) is -0.332. The van der Waals surface area contributed by atoms with Crippen molar-refractivity contribution in [1.82, 2.24) is 0 Å². The lowest BCUT2D eigenvalue weighted by molar-refractivity contribution is -0.140. The van der Waals surface area contributed by atoms with Crippen LogP contribution >= 0.6 is 24.0 Å². The molecule has 0 radical (unpaired) electrons. The monoisotopic (exact) mass is 284 g/mol. The number of esters is 1. The average Bonchev–Trinajstić information content (AvgIpc) is 2.35. The van der Waals surface area contributed by atoms with Crippen LogP contribution < -0.4 is 0 Å². The van der Waals surface area contributed by atoms with Gasteiger partial charge >= 0.3 is 5.97 Å². The highest BCUT2D eigenvalue weighted by atomic mass is 32.2. The minimum atomic E-state index is -0.484. The van der Waals surface area contributed by atoms with E-state index in [-0.39, 0.29) is 12.1 Å². The lowest BCUT2D eigenvalue weighted by Gasteiger charge is -2.16. The fourth-order valence-corrected chi connectivity index (χ4v) is 2.71. The van der Waals surface area contributed by atoms with Crippen molar-refractivity contribution in [2.24, 2.45) is 0 Å². The van der Waals surface area contributed by atoms with E-state index in [0.717, 1.165) is 5.56 Å². The standard InChI is InChI=1S/C13H16O3S2/c1-9(2)16-13(17)18-11(12(14)15-3)10-7-5-4-6-8-10/h4-9,11H,1-3H3. The molecule has 0 bridgehead atoms. The summed E-state index contributed by atoms with van der Waals surface area (Å²) in [6.07, 6.45) is -0.000861. The molecule has 0 N–H and O–H groups in total. The van der Waals surface area contributed by atoms with Gasteiger partial charge in [-0.25, -0.2) is 0 Å². The van der Waals surface area contributed by atoms with E-state index in [4.69, 9.17) is 21.7 Å². The third kappa shape index (κ3) is 4.66. The molecule has 0 saturated heterocycles. The molecule has 1 aromatic carbocycles. The molecule has 0 spiro atoms. The predicted molar refractivity (Wildman–Crippen MR) is 77.6 cm³/mol. The Morgan fingerprint density at radius 3 is 2.39 bits per heavy atom. The Morgan fingerprint density at radius 1 is 1.28 bits per heavy atom. The summed E-state index contributed by atoms with van der Waals surface area (Å²) in [4.78, 5) is 11.8. The number of hydrogen-bond acceptors (Lipinski definition) is 5. The molecule has 98 valence electrons. The van der Waals surface area contributed by atoms with E-state index in [0.29, 0.717) is 4.38 Å². The van der Waals surface area contributed by atoms with Crippen LogP contribution in [0.2, 0.25) is 0 Å². The van der Waals surface area contributed by atoms with Crippen molar-refractivity contribution in [1.29, 1.82) is 0 Å². The Labute approximate surface area is 117 Å². The van der Waals surface area contributed by atoms with Gasteiger partial charge in [-0.05, 0) is 31.6 Å². The zero-order valence-corrected chi connectivity index (χ0v) is 12.2. The SMILES string of the molecule is COC(=O)C(SC(=S)OC(C)C)c1ccccc1. The molecule has 0 aliphatic carbocycles. The normalized spacial score (nSPS) is 12.0. The van der Waals surface area contributed by atoms with E-state index in [1.165, 1.54) is 18.9 Å². The average molecular weight is 284 g/mol. The lowest BCUT2D eigenvalue weighted by Crippen LogP contribution is -2.15. The number of hydrogen-bond donors (Lipinski definition) is 0. The van der Waals surface area contributed by atoms with Crippen LogP contribution in [-0.4, -0.2) is 23.6 Å². The van der Waals surface area contributed by atoms with E-state index in [9.17, 15) is 4.79 Å². The first-order valence-corrected chi connectivity index (χ1v) is 6.83. The van der Waals surface area contributed by atoms with Crippen LogP contribution in [0.5, 0.6) is 0 Å². The highest BCUT2D eigenvalue weighted by molar-refractivity contribution is 8.23. The van der Waals surface area contributed by atoms with Gasteiger partial charge in [0.2, 0.25) is 4.38 Å². The van der Waals surface area contributed by atoms with Crippen molar-refractivity contribution in [3.05, 3.63) is 35.9 Å². The molecule has 0 aliphatic heterocycles. The van der Waals surface area contributed by atoms with Crippen molar-refractivity contribution in [3.8, 4) is 0 Å². The zero-order chi connectivity index (χ0) is 13.5. The van der Waals surface area contributed by atoms with Gasteiger partial charge in [0.25, 0.3) is 0 Å². The van der Waals surface area contributed by atoms with Crippen LogP contribution in [0.4, 0.5) is 0 Å². The quantitative estimate of drug-likeness (QED) is 0.626. The Morgan fingerprint density at radius 2 is 1.89 bits per heavy atom. The van der Waals surface area contributed by atoms with Crippen molar-refractivity contribution in [2.45, 2.75) is 25.2 Å². The maximum atomic E-state index is 11.8. The number of rotatable bonds is 4. The van der Waals surface area contributed by atoms with Crippen LogP contribution in [-0.2, 0) is 14.3 Å². The molecule has 1 rings (SSSR count). The molecular formula is C13H16O3S2. The number of benzene rings is 1. The van der Waals surface area contributed by atoms with Crippen LogP contribution in [0.1, 0.15) is 24.7 Å². The molecule has 18 heavy (non-hydrogen) atoms. The second-order valence-electron chi connectivity index (χ2n) is 3.85. The first kappa shape index (κ1) is 15.0. The van der Waals surface area contributed by atoms with E-state index in [2.05, 4.69) is 0 Å². The number of carbonyl (C=O) groups is 1. The first-order chi connectivity index (χ1) is 8.54. The molecule has 1 atom stereocenters. The summed E-state index contributed by atoms with van der Waals surface area (Å²) in [7, 11) is 1.37. The Kier molecular flexibility index (Phi) is 6.15. The van der Waals surface area contributed by atoms with E-state index in [1.54, 1.807) is 0 Å². The Hall–Kier alpha value is -1.07. The van der Waals surface area contributed by atoms with Crippen LogP contribution in [0, 0.1) is 0 Å². The van der Waals surface area contributed by atoms with Gasteiger partial charge in [0.05, 0.1) is 13.2 Å². The van der Waals surface area contributed by atoms with Crippen molar-refractivity contribution < 1.29 is 14.3 Å². The highest BCUT2D eigenvalue weighted by Gasteiger charge is 2.24. The topological polar surface area (TPSA) is 35.5 Å². The fourth-order valence-electron chi connectivity index (χ4n) is 1.30. The van der Waals surface area contributed by atoms with E-state index < -0.39 is 5.25 Å². The second kappa shape index (κ2) is 7.38. The number of carbonyl (C=O) groups excluding carboxylic acids is 1. The minimum Gasteiger partial charge on any atom is -0.476 e. The summed E-state index contributed by atoms with van der Waals surface area (Å²) in [6.45, 7) is 3.78. The lowest BCUT2D eigenvalue weighted by atomic mass is 10.1. The third-order valence-corrected chi connectivity index (χ3v) is 3.44. The van der Waals surface area contributed by atoms with E-state index >= 15 is 0 Å². The van der Waals surface area contributed by atoms with Crippen LogP contribution in [0.25, 0.3) is 0 Å². The van der Waals surface area contributed by atoms with Gasteiger partial charge in [-0.1, -0.05) is 42.1 Å². The summed E-state index contributed by atoms with van der Waals surface area (Å²) in [6, 6.07) is 9.38. The van der Waals surface area contributed by atoms with Gasteiger partial charge in [-0.15, -0.1) is 0 Å². The zero-order valence-electron chi connectivity index (χ0n) is 10.6. The Balaban J connectivity index is 2.80. The molecule has 0 aromatic heterocycles. The molecule has 0 fully saturated rings. The molecule has 0 aliphatic rings. The summed E-state index contributed by atoms with van der Waals surface area (Å²) in [5.41, 5.74) is 0.851. The molecule has 1 aromatic rings. The highest BCUT2D eigenvalue weighted by Crippen LogP contribution is 2.31. The largest absolute Gasteiger partial charge is 0.476 e. The molecule has 5 heteroatoms. The maximum absolute atomic E-state index is 11.8. The summed E-state index contributed by atoms with van der Waals surface area (Å²) in [5, 5.41) is -0.484. The van der Waals surface area contributed by atoms with Crippen LogP contribution in [0.15, 0.2) is 30.3 Å². The second-order valence-corrected chi connectivity index (χ2v) is 5.56. The molecule has 0 saturated carbocycles. The van der Waals surface area contributed by atoms with Gasteiger partial charge in [0, 0.05) is 0 Å². The molecule has 0 heterocycles. The number of thioether (sulfide) groups is 1. The van der Waals surface area contributed by atoms with Crippen LogP contribution in [0.3, 0.4) is 0 Å². The van der Waals surface area contributed by atoms with Gasteiger partial charge in [-0.3, -0.25) is 4.79 Å². The molecule has 3 nitrogen and oxygen atoms in total. The van der Waals surface area contributed by atoms with E-state index in [1.807, 2.05) is 44.2 Å². The summed E-state index contributed by atoms with van der Waals surface area (Å²) < 4.78 is 10.5. The van der Waals surface area contributed by atoms with Crippen molar-refractivity contribution in [2.75, 3.05) is 7.11 Å². The third-order valence-electron chi connectivity index (χ3n) is 2.06. The number of methoxy groups -OCH3 is 1. The smallest absolute Gasteiger partial charge is 0.323 e.